The van der Waals surface area contributed by atoms with Crippen molar-refractivity contribution in [2.24, 2.45) is 0 Å². The Morgan fingerprint density at radius 3 is 2.44 bits per heavy atom. The molecule has 27 heavy (non-hydrogen) atoms. The number of nitrogens with one attached hydrogen (secondary N) is 1. The highest BCUT2D eigenvalue weighted by Gasteiger charge is 2.13. The second-order valence-electron chi connectivity index (χ2n) is 5.54. The molecule has 0 atom stereocenters. The highest BCUT2D eigenvalue weighted by atomic mass is 16.5. The van der Waals surface area contributed by atoms with Gasteiger partial charge in [0.05, 0.1) is 13.2 Å². The van der Waals surface area contributed by atoms with Crippen LogP contribution >= 0.6 is 0 Å². The molecule has 0 saturated carbocycles. The summed E-state index contributed by atoms with van der Waals surface area (Å²) in [5, 5.41) is 11.6. The summed E-state index contributed by atoms with van der Waals surface area (Å²) >= 11 is 0. The molecule has 0 aliphatic carbocycles. The normalized spacial score (nSPS) is 10.1. The van der Waals surface area contributed by atoms with Crippen molar-refractivity contribution in [1.29, 1.82) is 0 Å². The fraction of sp³-hybridized carbons (Fsp3) is 0.300. The third kappa shape index (κ3) is 6.22. The van der Waals surface area contributed by atoms with E-state index in [4.69, 9.17) is 19.3 Å². The van der Waals surface area contributed by atoms with E-state index in [-0.39, 0.29) is 11.7 Å². The van der Waals surface area contributed by atoms with Crippen LogP contribution in [0.2, 0.25) is 0 Å². The first-order valence-corrected chi connectivity index (χ1v) is 8.64. The molecule has 2 aromatic carbocycles. The summed E-state index contributed by atoms with van der Waals surface area (Å²) < 4.78 is 16.1. The number of hydrogen-bond donors (Lipinski definition) is 2. The van der Waals surface area contributed by atoms with Crippen LogP contribution in [0.3, 0.4) is 0 Å². The molecule has 0 spiro atoms. The van der Waals surface area contributed by atoms with E-state index in [9.17, 15) is 9.59 Å². The van der Waals surface area contributed by atoms with Gasteiger partial charge < -0.3 is 24.6 Å². The van der Waals surface area contributed by atoms with Crippen LogP contribution in [0.1, 0.15) is 29.8 Å². The van der Waals surface area contributed by atoms with E-state index in [1.807, 2.05) is 31.2 Å². The Morgan fingerprint density at radius 2 is 1.74 bits per heavy atom. The second-order valence-corrected chi connectivity index (χ2v) is 5.54. The zero-order valence-corrected chi connectivity index (χ0v) is 15.4. The van der Waals surface area contributed by atoms with Gasteiger partial charge in [0.15, 0.2) is 18.1 Å². The van der Waals surface area contributed by atoms with Gasteiger partial charge in [-0.3, -0.25) is 4.79 Å². The summed E-state index contributed by atoms with van der Waals surface area (Å²) in [5.74, 6) is -0.0103. The maximum Gasteiger partial charge on any atom is 0.341 e. The van der Waals surface area contributed by atoms with Gasteiger partial charge in [0, 0.05) is 12.1 Å². The van der Waals surface area contributed by atoms with E-state index in [1.165, 1.54) is 12.1 Å². The molecule has 0 unspecified atom stereocenters. The van der Waals surface area contributed by atoms with Crippen molar-refractivity contribution in [2.45, 2.75) is 20.4 Å². The smallest absolute Gasteiger partial charge is 0.341 e. The highest BCUT2D eigenvalue weighted by molar-refractivity contribution is 5.94. The molecule has 7 heteroatoms. The molecule has 0 bridgehead atoms. The predicted octanol–water partition coefficient (Wildman–Crippen LogP) is 2.88. The van der Waals surface area contributed by atoms with Gasteiger partial charge >= 0.3 is 5.97 Å². The molecule has 2 rings (SSSR count). The van der Waals surface area contributed by atoms with Gasteiger partial charge in [-0.25, -0.2) is 4.79 Å². The van der Waals surface area contributed by atoms with Gasteiger partial charge in [0.2, 0.25) is 0 Å². The summed E-state index contributed by atoms with van der Waals surface area (Å²) in [7, 11) is 0. The second kappa shape index (κ2) is 10.1. The van der Waals surface area contributed by atoms with Crippen LogP contribution in [0, 0.1) is 0 Å². The van der Waals surface area contributed by atoms with E-state index in [1.54, 1.807) is 13.0 Å². The standard InChI is InChI=1S/C20H23NO6/c1-3-25-16-7-5-6-14(10-16)12-21-20(24)15-8-9-17(27-13-19(22)23)18(11-15)26-4-2/h5-11H,3-4,12-13H2,1-2H3,(H,21,24)(H,22,23). The Labute approximate surface area is 157 Å². The largest absolute Gasteiger partial charge is 0.494 e. The molecule has 0 heterocycles. The fourth-order valence-corrected chi connectivity index (χ4v) is 2.37. The van der Waals surface area contributed by atoms with Crippen molar-refractivity contribution < 1.29 is 28.9 Å². The number of carboxylic acids is 1. The Morgan fingerprint density at radius 1 is 0.963 bits per heavy atom. The van der Waals surface area contributed by atoms with Gasteiger partial charge in [-0.15, -0.1) is 0 Å². The number of carboxylic acid groups (broad SMARTS) is 1. The molecule has 2 aromatic rings. The number of hydrogen-bond acceptors (Lipinski definition) is 5. The minimum atomic E-state index is -1.09. The first-order chi connectivity index (χ1) is 13.0. The van der Waals surface area contributed by atoms with Gasteiger partial charge in [-0.2, -0.15) is 0 Å². The van der Waals surface area contributed by atoms with E-state index < -0.39 is 12.6 Å². The molecule has 2 N–H and O–H groups in total. The molecule has 1 amide bonds. The molecule has 0 aromatic heterocycles. The van der Waals surface area contributed by atoms with Gasteiger partial charge in [0.25, 0.3) is 5.91 Å². The van der Waals surface area contributed by atoms with Crippen LogP contribution in [0.5, 0.6) is 17.2 Å². The third-order valence-corrected chi connectivity index (χ3v) is 3.52. The zero-order chi connectivity index (χ0) is 19.6. The van der Waals surface area contributed by atoms with Gasteiger partial charge in [0.1, 0.15) is 5.75 Å². The van der Waals surface area contributed by atoms with Crippen molar-refractivity contribution in [2.75, 3.05) is 19.8 Å². The van der Waals surface area contributed by atoms with E-state index >= 15 is 0 Å². The molecular formula is C20H23NO6. The lowest BCUT2D eigenvalue weighted by Crippen LogP contribution is -2.23. The van der Waals surface area contributed by atoms with E-state index in [2.05, 4.69) is 5.32 Å². The highest BCUT2D eigenvalue weighted by Crippen LogP contribution is 2.28. The summed E-state index contributed by atoms with van der Waals surface area (Å²) in [4.78, 5) is 23.1. The lowest BCUT2D eigenvalue weighted by Gasteiger charge is -2.13. The first-order valence-electron chi connectivity index (χ1n) is 8.64. The Balaban J connectivity index is 2.05. The Kier molecular flexibility index (Phi) is 7.49. The van der Waals surface area contributed by atoms with Gasteiger partial charge in [-0.05, 0) is 49.7 Å². The Bertz CT molecular complexity index is 790. The summed E-state index contributed by atoms with van der Waals surface area (Å²) in [6.45, 7) is 4.50. The molecule has 0 fully saturated rings. The minimum absolute atomic E-state index is 0.275. The number of rotatable bonds is 10. The van der Waals surface area contributed by atoms with E-state index in [0.29, 0.717) is 31.1 Å². The molecular weight excluding hydrogens is 350 g/mol. The summed E-state index contributed by atoms with van der Waals surface area (Å²) in [5.41, 5.74) is 1.31. The van der Waals surface area contributed by atoms with Crippen LogP contribution in [0.4, 0.5) is 0 Å². The minimum Gasteiger partial charge on any atom is -0.494 e. The number of amides is 1. The zero-order valence-electron chi connectivity index (χ0n) is 15.4. The number of ether oxygens (including phenoxy) is 3. The predicted molar refractivity (Wildman–Crippen MR) is 99.5 cm³/mol. The van der Waals surface area contributed by atoms with E-state index in [0.717, 1.165) is 11.3 Å². The summed E-state index contributed by atoms with van der Waals surface area (Å²) in [6, 6.07) is 12.1. The molecule has 0 radical (unpaired) electrons. The fourth-order valence-electron chi connectivity index (χ4n) is 2.37. The SMILES string of the molecule is CCOc1cccc(CNC(=O)c2ccc(OCC(=O)O)c(OCC)c2)c1. The van der Waals surface area contributed by atoms with Crippen LogP contribution < -0.4 is 19.5 Å². The van der Waals surface area contributed by atoms with Crippen molar-refractivity contribution in [1.82, 2.24) is 5.32 Å². The first kappa shape index (κ1) is 20.1. The van der Waals surface area contributed by atoms with Crippen molar-refractivity contribution in [3.8, 4) is 17.2 Å². The molecule has 0 saturated heterocycles. The van der Waals surface area contributed by atoms with Crippen molar-refractivity contribution in [3.05, 3.63) is 53.6 Å². The number of carbonyl (C=O) groups is 2. The monoisotopic (exact) mass is 373 g/mol. The quantitative estimate of drug-likeness (QED) is 0.665. The lowest BCUT2D eigenvalue weighted by molar-refractivity contribution is -0.139. The van der Waals surface area contributed by atoms with Crippen LogP contribution in [0.15, 0.2) is 42.5 Å². The number of benzene rings is 2. The summed E-state index contributed by atoms with van der Waals surface area (Å²) in [6.07, 6.45) is 0. The van der Waals surface area contributed by atoms with Crippen LogP contribution in [-0.2, 0) is 11.3 Å². The average Bonchev–Trinajstić information content (AvgIpc) is 2.66. The van der Waals surface area contributed by atoms with Crippen molar-refractivity contribution >= 4 is 11.9 Å². The number of carbonyl (C=O) groups excluding carboxylic acids is 1. The molecule has 0 aliphatic rings. The van der Waals surface area contributed by atoms with Gasteiger partial charge in [-0.1, -0.05) is 12.1 Å². The van der Waals surface area contributed by atoms with Crippen LogP contribution in [0.25, 0.3) is 0 Å². The lowest BCUT2D eigenvalue weighted by atomic mass is 10.1. The van der Waals surface area contributed by atoms with Crippen molar-refractivity contribution in [3.63, 3.8) is 0 Å². The number of aliphatic carboxylic acids is 1. The molecule has 7 nitrogen and oxygen atoms in total. The maximum absolute atomic E-state index is 12.4. The maximum atomic E-state index is 12.4. The molecule has 0 aliphatic heterocycles. The Hall–Kier alpha value is -3.22. The van der Waals surface area contributed by atoms with Crippen LogP contribution in [-0.4, -0.2) is 36.8 Å². The third-order valence-electron chi connectivity index (χ3n) is 3.52. The molecule has 144 valence electrons. The average molecular weight is 373 g/mol. The topological polar surface area (TPSA) is 94.1 Å².